The van der Waals surface area contributed by atoms with Gasteiger partial charge in [-0.2, -0.15) is 0 Å². The SMILES string of the molecule is Cc1ccc2c(c1)N(C(=O)N1CCC[C@H](C(=O)NCc3ccc(F)cc3)C1)C[C@@H](C)O2. The lowest BCUT2D eigenvalue weighted by atomic mass is 9.97. The van der Waals surface area contributed by atoms with Gasteiger partial charge in [-0.3, -0.25) is 9.69 Å². The molecule has 0 bridgehead atoms. The third kappa shape index (κ3) is 4.81. The molecule has 2 aliphatic heterocycles. The molecule has 1 N–H and O–H groups in total. The van der Waals surface area contributed by atoms with Gasteiger partial charge in [-0.1, -0.05) is 18.2 Å². The van der Waals surface area contributed by atoms with E-state index < -0.39 is 0 Å². The number of carbonyl (C=O) groups is 2. The largest absolute Gasteiger partial charge is 0.487 e. The number of likely N-dealkylation sites (tertiary alicyclic amines) is 1. The van der Waals surface area contributed by atoms with Crippen LogP contribution in [-0.2, 0) is 11.3 Å². The number of aryl methyl sites for hydroxylation is 1. The van der Waals surface area contributed by atoms with Gasteiger partial charge in [0.2, 0.25) is 5.91 Å². The maximum Gasteiger partial charge on any atom is 0.324 e. The Hall–Kier alpha value is -3.09. The molecule has 1 fully saturated rings. The van der Waals surface area contributed by atoms with E-state index in [0.29, 0.717) is 31.9 Å². The zero-order valence-corrected chi connectivity index (χ0v) is 17.9. The highest BCUT2D eigenvalue weighted by molar-refractivity contribution is 5.94. The number of urea groups is 1. The number of nitrogens with zero attached hydrogens (tertiary/aromatic N) is 2. The Kier molecular flexibility index (Phi) is 6.11. The van der Waals surface area contributed by atoms with Crippen LogP contribution in [0.3, 0.4) is 0 Å². The molecule has 2 aliphatic rings. The van der Waals surface area contributed by atoms with Crippen molar-refractivity contribution in [3.63, 3.8) is 0 Å². The van der Waals surface area contributed by atoms with Crippen LogP contribution in [0.1, 0.15) is 30.9 Å². The van der Waals surface area contributed by atoms with Crippen molar-refractivity contribution < 1.29 is 18.7 Å². The van der Waals surface area contributed by atoms with Crippen LogP contribution in [0.2, 0.25) is 0 Å². The third-order valence-corrected chi connectivity index (χ3v) is 5.85. The average Bonchev–Trinajstić information content (AvgIpc) is 2.78. The fourth-order valence-electron chi connectivity index (χ4n) is 4.20. The molecular weight excluding hydrogens is 397 g/mol. The van der Waals surface area contributed by atoms with Crippen molar-refractivity contribution in [2.24, 2.45) is 5.92 Å². The molecule has 0 aromatic heterocycles. The molecule has 0 unspecified atom stereocenters. The number of benzene rings is 2. The molecule has 0 aliphatic carbocycles. The second kappa shape index (κ2) is 8.96. The number of nitrogens with one attached hydrogen (secondary N) is 1. The van der Waals surface area contributed by atoms with Crippen molar-refractivity contribution in [1.82, 2.24) is 10.2 Å². The number of rotatable bonds is 3. The molecule has 2 aromatic rings. The summed E-state index contributed by atoms with van der Waals surface area (Å²) in [4.78, 5) is 29.6. The maximum absolute atomic E-state index is 13.4. The van der Waals surface area contributed by atoms with Gasteiger partial charge >= 0.3 is 6.03 Å². The Morgan fingerprint density at radius 3 is 2.71 bits per heavy atom. The van der Waals surface area contributed by atoms with E-state index in [2.05, 4.69) is 5.32 Å². The van der Waals surface area contributed by atoms with Gasteiger partial charge in [0.05, 0.1) is 18.2 Å². The quantitative estimate of drug-likeness (QED) is 0.812. The van der Waals surface area contributed by atoms with Crippen molar-refractivity contribution in [1.29, 1.82) is 0 Å². The van der Waals surface area contributed by atoms with Crippen LogP contribution in [-0.4, -0.2) is 42.6 Å². The van der Waals surface area contributed by atoms with Gasteiger partial charge in [0, 0.05) is 19.6 Å². The Bertz CT molecular complexity index is 963. The Balaban J connectivity index is 1.41. The van der Waals surface area contributed by atoms with Crippen LogP contribution in [0, 0.1) is 18.7 Å². The van der Waals surface area contributed by atoms with Gasteiger partial charge in [-0.05, 0) is 62.1 Å². The minimum Gasteiger partial charge on any atom is -0.487 e. The topological polar surface area (TPSA) is 61.9 Å². The number of piperidine rings is 1. The number of fused-ring (bicyclic) bond motifs is 1. The first-order valence-electron chi connectivity index (χ1n) is 10.8. The number of halogens is 1. The van der Waals surface area contributed by atoms with Gasteiger partial charge in [0.1, 0.15) is 17.7 Å². The molecule has 0 spiro atoms. The molecule has 4 rings (SSSR count). The summed E-state index contributed by atoms with van der Waals surface area (Å²) in [5.74, 6) is 0.0796. The van der Waals surface area contributed by atoms with Crippen LogP contribution in [0.4, 0.5) is 14.9 Å². The lowest BCUT2D eigenvalue weighted by molar-refractivity contribution is -0.126. The maximum atomic E-state index is 13.4. The minimum absolute atomic E-state index is 0.0755. The standard InChI is InChI=1S/C24H28FN3O3/c1-16-5-10-22-21(12-16)28(14-17(2)31-22)24(30)27-11-3-4-19(15-27)23(29)26-13-18-6-8-20(25)9-7-18/h5-10,12,17,19H,3-4,11,13-15H2,1-2H3,(H,26,29)/t17-,19+/m1/s1. The number of anilines is 1. The molecule has 7 heteroatoms. The second-order valence-electron chi connectivity index (χ2n) is 8.42. The van der Waals surface area contributed by atoms with E-state index >= 15 is 0 Å². The van der Waals surface area contributed by atoms with Gasteiger partial charge in [0.25, 0.3) is 0 Å². The van der Waals surface area contributed by atoms with Gasteiger partial charge in [-0.25, -0.2) is 9.18 Å². The van der Waals surface area contributed by atoms with E-state index in [1.54, 1.807) is 21.9 Å². The summed E-state index contributed by atoms with van der Waals surface area (Å²) in [7, 11) is 0. The number of hydrogen-bond donors (Lipinski definition) is 1. The van der Waals surface area contributed by atoms with Crippen LogP contribution < -0.4 is 15.0 Å². The van der Waals surface area contributed by atoms with E-state index in [0.717, 1.165) is 29.7 Å². The normalized spacial score (nSPS) is 20.6. The number of amides is 3. The van der Waals surface area contributed by atoms with Crippen molar-refractivity contribution in [3.8, 4) is 5.75 Å². The number of hydrogen-bond acceptors (Lipinski definition) is 3. The summed E-state index contributed by atoms with van der Waals surface area (Å²) in [6, 6.07) is 11.8. The van der Waals surface area contributed by atoms with E-state index in [1.807, 2.05) is 32.0 Å². The zero-order valence-electron chi connectivity index (χ0n) is 17.9. The highest BCUT2D eigenvalue weighted by Crippen LogP contribution is 2.35. The molecule has 2 atom stereocenters. The van der Waals surface area contributed by atoms with Crippen LogP contribution in [0.25, 0.3) is 0 Å². The van der Waals surface area contributed by atoms with Gasteiger partial charge in [0.15, 0.2) is 0 Å². The van der Waals surface area contributed by atoms with Crippen LogP contribution in [0.15, 0.2) is 42.5 Å². The van der Waals surface area contributed by atoms with Crippen LogP contribution >= 0.6 is 0 Å². The predicted molar refractivity (Wildman–Crippen MR) is 117 cm³/mol. The molecule has 0 radical (unpaired) electrons. The Labute approximate surface area is 182 Å². The minimum atomic E-state index is -0.300. The first-order chi connectivity index (χ1) is 14.9. The summed E-state index contributed by atoms with van der Waals surface area (Å²) in [6.07, 6.45) is 1.42. The molecule has 2 heterocycles. The molecule has 31 heavy (non-hydrogen) atoms. The van der Waals surface area contributed by atoms with E-state index in [9.17, 15) is 14.0 Å². The Morgan fingerprint density at radius 2 is 1.94 bits per heavy atom. The lowest BCUT2D eigenvalue weighted by Gasteiger charge is -2.39. The van der Waals surface area contributed by atoms with E-state index in [-0.39, 0.29) is 29.8 Å². The number of ether oxygens (including phenoxy) is 1. The second-order valence-corrected chi connectivity index (χ2v) is 8.42. The molecular formula is C24H28FN3O3. The van der Waals surface area contributed by atoms with Gasteiger partial charge in [-0.15, -0.1) is 0 Å². The molecule has 2 aromatic carbocycles. The Morgan fingerprint density at radius 1 is 1.16 bits per heavy atom. The monoisotopic (exact) mass is 425 g/mol. The number of carbonyl (C=O) groups excluding carboxylic acids is 2. The van der Waals surface area contributed by atoms with E-state index in [4.69, 9.17) is 4.74 Å². The summed E-state index contributed by atoms with van der Waals surface area (Å²) < 4.78 is 18.9. The summed E-state index contributed by atoms with van der Waals surface area (Å²) in [6.45, 7) is 5.78. The lowest BCUT2D eigenvalue weighted by Crippen LogP contribution is -2.53. The molecule has 164 valence electrons. The first-order valence-corrected chi connectivity index (χ1v) is 10.8. The average molecular weight is 426 g/mol. The fraction of sp³-hybridized carbons (Fsp3) is 0.417. The van der Waals surface area contributed by atoms with Crippen molar-refractivity contribution in [2.75, 3.05) is 24.5 Å². The third-order valence-electron chi connectivity index (χ3n) is 5.85. The highest BCUT2D eigenvalue weighted by Gasteiger charge is 2.34. The summed E-state index contributed by atoms with van der Waals surface area (Å²) in [5.41, 5.74) is 2.69. The van der Waals surface area contributed by atoms with Crippen LogP contribution in [0.5, 0.6) is 5.75 Å². The molecule has 3 amide bonds. The summed E-state index contributed by atoms with van der Waals surface area (Å²) in [5, 5.41) is 2.92. The summed E-state index contributed by atoms with van der Waals surface area (Å²) >= 11 is 0. The smallest absolute Gasteiger partial charge is 0.324 e. The van der Waals surface area contributed by atoms with Crippen molar-refractivity contribution in [2.45, 2.75) is 39.3 Å². The van der Waals surface area contributed by atoms with E-state index in [1.165, 1.54) is 12.1 Å². The molecule has 0 saturated carbocycles. The highest BCUT2D eigenvalue weighted by atomic mass is 19.1. The molecule has 6 nitrogen and oxygen atoms in total. The van der Waals surface area contributed by atoms with Gasteiger partial charge < -0.3 is 15.0 Å². The molecule has 1 saturated heterocycles. The first kappa shape index (κ1) is 21.2. The van der Waals surface area contributed by atoms with Crippen molar-refractivity contribution >= 4 is 17.6 Å². The fourth-order valence-corrected chi connectivity index (χ4v) is 4.20. The van der Waals surface area contributed by atoms with Crippen molar-refractivity contribution in [3.05, 3.63) is 59.4 Å². The zero-order chi connectivity index (χ0) is 22.0. The predicted octanol–water partition coefficient (Wildman–Crippen LogP) is 3.87.